The Morgan fingerprint density at radius 3 is 2.39 bits per heavy atom. The fourth-order valence-corrected chi connectivity index (χ4v) is 2.23. The lowest BCUT2D eigenvalue weighted by Crippen LogP contribution is -2.39. The molecule has 1 amide bonds. The third kappa shape index (κ3) is 5.37. The molecule has 0 aliphatic rings. The molecule has 2 rings (SSSR count). The van der Waals surface area contributed by atoms with Crippen LogP contribution in [0.3, 0.4) is 0 Å². The predicted molar refractivity (Wildman–Crippen MR) is 97.6 cm³/mol. The molecule has 1 N–H and O–H groups in total. The quantitative estimate of drug-likeness (QED) is 0.439. The summed E-state index contributed by atoms with van der Waals surface area (Å²) >= 11 is 0. The molecule has 0 radical (unpaired) electrons. The number of benzene rings is 2. The molecule has 0 fully saturated rings. The number of nitrogens with zero attached hydrogens (tertiary/aromatic N) is 1. The highest BCUT2D eigenvalue weighted by molar-refractivity contribution is 5.97. The van der Waals surface area contributed by atoms with Crippen LogP contribution in [-0.4, -0.2) is 35.9 Å². The zero-order chi connectivity index (χ0) is 20.7. The summed E-state index contributed by atoms with van der Waals surface area (Å²) in [5.41, 5.74) is 0.860. The van der Waals surface area contributed by atoms with Gasteiger partial charge in [-0.25, -0.2) is 9.59 Å². The average molecular weight is 386 g/mol. The molecule has 28 heavy (non-hydrogen) atoms. The molecular formula is C19H18N2O7. The van der Waals surface area contributed by atoms with E-state index in [0.29, 0.717) is 11.1 Å². The first-order valence-electron chi connectivity index (χ1n) is 8.21. The van der Waals surface area contributed by atoms with Crippen LogP contribution in [0.1, 0.15) is 33.2 Å². The minimum atomic E-state index is -0.957. The highest BCUT2D eigenvalue weighted by Crippen LogP contribution is 2.13. The van der Waals surface area contributed by atoms with Crippen molar-refractivity contribution in [3.05, 3.63) is 75.3 Å². The fraction of sp³-hybridized carbons (Fsp3) is 0.211. The van der Waals surface area contributed by atoms with Crippen LogP contribution >= 0.6 is 0 Å². The maximum atomic E-state index is 12.2. The fourth-order valence-electron chi connectivity index (χ4n) is 2.23. The summed E-state index contributed by atoms with van der Waals surface area (Å²) < 4.78 is 9.74. The first-order chi connectivity index (χ1) is 13.3. The van der Waals surface area contributed by atoms with Gasteiger partial charge in [-0.1, -0.05) is 18.2 Å². The molecule has 0 unspecified atom stereocenters. The number of nitro groups is 1. The molecule has 9 heteroatoms. The first-order valence-corrected chi connectivity index (χ1v) is 8.21. The van der Waals surface area contributed by atoms with Gasteiger partial charge in [-0.05, 0) is 30.7 Å². The molecule has 9 nitrogen and oxygen atoms in total. The summed E-state index contributed by atoms with van der Waals surface area (Å²) in [7, 11) is 1.28. The summed E-state index contributed by atoms with van der Waals surface area (Å²) in [6, 6.07) is 10.5. The van der Waals surface area contributed by atoms with Gasteiger partial charge in [0.25, 0.3) is 11.6 Å². The molecule has 0 aliphatic heterocycles. The Labute approximate surface area is 160 Å². The van der Waals surface area contributed by atoms with Crippen molar-refractivity contribution < 1.29 is 28.8 Å². The molecule has 2 aromatic rings. The standard InChI is InChI=1S/C19H18N2O7/c1-12(20-17(22)15-4-3-5-16(10-15)21(25)26)18(23)28-11-13-6-8-14(9-7-13)19(24)27-2/h3-10,12H,11H2,1-2H3,(H,20,22)/t12-/m0/s1. The molecule has 146 valence electrons. The summed E-state index contributed by atoms with van der Waals surface area (Å²) in [6.07, 6.45) is 0. The molecule has 1 atom stereocenters. The smallest absolute Gasteiger partial charge is 0.337 e. The Morgan fingerprint density at radius 2 is 1.79 bits per heavy atom. The van der Waals surface area contributed by atoms with Crippen LogP contribution in [0.4, 0.5) is 5.69 Å². The molecule has 0 saturated carbocycles. The molecule has 0 bridgehead atoms. The van der Waals surface area contributed by atoms with Crippen LogP contribution in [0.5, 0.6) is 0 Å². The molecule has 0 saturated heterocycles. The van der Waals surface area contributed by atoms with Crippen molar-refractivity contribution in [2.75, 3.05) is 7.11 Å². The van der Waals surface area contributed by atoms with Gasteiger partial charge >= 0.3 is 11.9 Å². The second kappa shape index (κ2) is 9.26. The van der Waals surface area contributed by atoms with E-state index in [-0.39, 0.29) is 17.9 Å². The third-order valence-electron chi connectivity index (χ3n) is 3.78. The lowest BCUT2D eigenvalue weighted by molar-refractivity contribution is -0.384. The first kappa shape index (κ1) is 20.6. The number of hydrogen-bond acceptors (Lipinski definition) is 7. The molecular weight excluding hydrogens is 368 g/mol. The minimum absolute atomic E-state index is 0.0443. The van der Waals surface area contributed by atoms with Gasteiger partial charge in [0, 0.05) is 17.7 Å². The number of amides is 1. The SMILES string of the molecule is COC(=O)c1ccc(COC(=O)[C@H](C)NC(=O)c2cccc([N+](=O)[O-])c2)cc1. The number of methoxy groups -OCH3 is 1. The van der Waals surface area contributed by atoms with Gasteiger partial charge in [0.2, 0.25) is 0 Å². The number of hydrogen-bond donors (Lipinski definition) is 1. The van der Waals surface area contributed by atoms with Gasteiger partial charge < -0.3 is 14.8 Å². The van der Waals surface area contributed by atoms with E-state index in [1.165, 1.54) is 32.2 Å². The molecule has 2 aromatic carbocycles. The van der Waals surface area contributed by atoms with Crippen LogP contribution < -0.4 is 5.32 Å². The number of nitrogens with one attached hydrogen (secondary N) is 1. The highest BCUT2D eigenvalue weighted by atomic mass is 16.6. The number of ether oxygens (including phenoxy) is 2. The summed E-state index contributed by atoms with van der Waals surface area (Å²) in [5, 5.41) is 13.2. The van der Waals surface area contributed by atoms with Crippen molar-refractivity contribution >= 4 is 23.5 Å². The van der Waals surface area contributed by atoms with E-state index in [1.54, 1.807) is 24.3 Å². The maximum absolute atomic E-state index is 12.2. The van der Waals surface area contributed by atoms with Crippen molar-refractivity contribution in [3.8, 4) is 0 Å². The van der Waals surface area contributed by atoms with Crippen molar-refractivity contribution in [2.45, 2.75) is 19.6 Å². The number of carbonyl (C=O) groups is 3. The van der Waals surface area contributed by atoms with Gasteiger partial charge in [0.1, 0.15) is 12.6 Å². The van der Waals surface area contributed by atoms with Gasteiger partial charge in [-0.15, -0.1) is 0 Å². The van der Waals surface area contributed by atoms with Crippen molar-refractivity contribution in [1.29, 1.82) is 0 Å². The lowest BCUT2D eigenvalue weighted by Gasteiger charge is -2.13. The lowest BCUT2D eigenvalue weighted by atomic mass is 10.1. The molecule has 0 heterocycles. The zero-order valence-corrected chi connectivity index (χ0v) is 15.2. The van der Waals surface area contributed by atoms with Crippen LogP contribution in [0, 0.1) is 10.1 Å². The number of esters is 2. The van der Waals surface area contributed by atoms with Crippen LogP contribution in [0.25, 0.3) is 0 Å². The molecule has 0 spiro atoms. The van der Waals surface area contributed by atoms with Crippen molar-refractivity contribution in [2.24, 2.45) is 0 Å². The normalized spacial score (nSPS) is 11.2. The Bertz CT molecular complexity index is 893. The van der Waals surface area contributed by atoms with Crippen LogP contribution in [0.2, 0.25) is 0 Å². The monoisotopic (exact) mass is 386 g/mol. The van der Waals surface area contributed by atoms with Crippen LogP contribution in [0.15, 0.2) is 48.5 Å². The van der Waals surface area contributed by atoms with Crippen molar-refractivity contribution in [3.63, 3.8) is 0 Å². The Kier molecular flexibility index (Phi) is 6.80. The van der Waals surface area contributed by atoms with Gasteiger partial charge in [-0.2, -0.15) is 0 Å². The summed E-state index contributed by atoms with van der Waals surface area (Å²) in [6.45, 7) is 1.40. The van der Waals surface area contributed by atoms with Gasteiger partial charge in [-0.3, -0.25) is 14.9 Å². The third-order valence-corrected chi connectivity index (χ3v) is 3.78. The number of carbonyl (C=O) groups excluding carboxylic acids is 3. The van der Waals surface area contributed by atoms with Crippen molar-refractivity contribution in [1.82, 2.24) is 5.32 Å². The maximum Gasteiger partial charge on any atom is 0.337 e. The Morgan fingerprint density at radius 1 is 1.11 bits per heavy atom. The van der Waals surface area contributed by atoms with E-state index in [2.05, 4.69) is 10.1 Å². The number of rotatable bonds is 7. The topological polar surface area (TPSA) is 125 Å². The van der Waals surface area contributed by atoms with E-state index in [4.69, 9.17) is 4.74 Å². The van der Waals surface area contributed by atoms with E-state index < -0.39 is 28.8 Å². The number of non-ortho nitro benzene ring substituents is 1. The summed E-state index contributed by atoms with van der Waals surface area (Å²) in [5.74, 6) is -1.77. The Balaban J connectivity index is 1.90. The molecule has 0 aromatic heterocycles. The van der Waals surface area contributed by atoms with E-state index >= 15 is 0 Å². The van der Waals surface area contributed by atoms with E-state index in [1.807, 2.05) is 0 Å². The van der Waals surface area contributed by atoms with Crippen LogP contribution in [-0.2, 0) is 20.9 Å². The second-order valence-electron chi connectivity index (χ2n) is 5.80. The highest BCUT2D eigenvalue weighted by Gasteiger charge is 2.19. The average Bonchev–Trinajstić information content (AvgIpc) is 2.71. The largest absolute Gasteiger partial charge is 0.465 e. The minimum Gasteiger partial charge on any atom is -0.465 e. The number of nitro benzene ring substituents is 1. The predicted octanol–water partition coefficient (Wildman–Crippen LogP) is 2.24. The Hall–Kier alpha value is -3.75. The molecule has 0 aliphatic carbocycles. The second-order valence-corrected chi connectivity index (χ2v) is 5.80. The van der Waals surface area contributed by atoms with E-state index in [9.17, 15) is 24.5 Å². The van der Waals surface area contributed by atoms with Gasteiger partial charge in [0.15, 0.2) is 0 Å². The zero-order valence-electron chi connectivity index (χ0n) is 15.2. The van der Waals surface area contributed by atoms with E-state index in [0.717, 1.165) is 6.07 Å². The summed E-state index contributed by atoms with van der Waals surface area (Å²) in [4.78, 5) is 45.8. The van der Waals surface area contributed by atoms with Gasteiger partial charge in [0.05, 0.1) is 17.6 Å².